The molecule has 13 nitrogen and oxygen atoms in total. The molecule has 1 heterocycles. The lowest BCUT2D eigenvalue weighted by molar-refractivity contribution is -0.134. The topological polar surface area (TPSA) is 179 Å². The lowest BCUT2D eigenvalue weighted by atomic mass is 9.55. The molecule has 1 aliphatic heterocycles. The van der Waals surface area contributed by atoms with Crippen molar-refractivity contribution in [1.29, 1.82) is 5.41 Å². The number of ether oxygens (including phenoxy) is 2. The third kappa shape index (κ3) is 6.56. The molecule has 4 rings (SSSR count). The zero-order valence-electron chi connectivity index (χ0n) is 25.7. The fourth-order valence-corrected chi connectivity index (χ4v) is 6.96. The largest absolute Gasteiger partial charge is 0.477 e. The molecule has 3 unspecified atom stereocenters. The van der Waals surface area contributed by atoms with Crippen molar-refractivity contribution in [3.63, 3.8) is 0 Å². The van der Waals surface area contributed by atoms with Gasteiger partial charge in [0.05, 0.1) is 0 Å². The van der Waals surface area contributed by atoms with Crippen LogP contribution in [-0.2, 0) is 26.2 Å². The number of nitrogens with one attached hydrogen (secondary N) is 4. The Morgan fingerprint density at radius 2 is 1.98 bits per heavy atom. The lowest BCUT2D eigenvalue weighted by Gasteiger charge is -2.50. The Bertz CT molecular complexity index is 1270. The Hall–Kier alpha value is -3.87. The Morgan fingerprint density at radius 3 is 2.63 bits per heavy atom. The van der Waals surface area contributed by atoms with E-state index in [0.29, 0.717) is 43.9 Å². The summed E-state index contributed by atoms with van der Waals surface area (Å²) in [7, 11) is 4.15. The van der Waals surface area contributed by atoms with E-state index in [2.05, 4.69) is 41.9 Å². The van der Waals surface area contributed by atoms with Crippen LogP contribution in [0.3, 0.4) is 0 Å². The van der Waals surface area contributed by atoms with Crippen LogP contribution in [0.25, 0.3) is 0 Å². The molecule has 1 aromatic carbocycles. The van der Waals surface area contributed by atoms with E-state index in [1.54, 1.807) is 6.07 Å². The first-order valence-corrected chi connectivity index (χ1v) is 15.0. The summed E-state index contributed by atoms with van der Waals surface area (Å²) in [4.78, 5) is 54.4. The highest BCUT2D eigenvalue weighted by Gasteiger charge is 2.61. The summed E-state index contributed by atoms with van der Waals surface area (Å²) >= 11 is 0. The lowest BCUT2D eigenvalue weighted by Crippen LogP contribution is -2.59. The number of guanidine groups is 1. The number of benzene rings is 1. The van der Waals surface area contributed by atoms with Crippen LogP contribution in [-0.4, -0.2) is 97.9 Å². The normalized spacial score (nSPS) is 24.0. The van der Waals surface area contributed by atoms with Gasteiger partial charge in [-0.05, 0) is 64.3 Å². The van der Waals surface area contributed by atoms with Gasteiger partial charge >= 0.3 is 6.09 Å². The highest BCUT2D eigenvalue weighted by molar-refractivity contribution is 5.89. The van der Waals surface area contributed by atoms with Gasteiger partial charge in [-0.1, -0.05) is 13.0 Å². The van der Waals surface area contributed by atoms with Gasteiger partial charge in [0.25, 0.3) is 0 Å². The number of likely N-dealkylation sites (N-methyl/N-ethyl adjacent to an activating group) is 2. The van der Waals surface area contributed by atoms with Crippen LogP contribution in [0, 0.1) is 11.3 Å². The average Bonchev–Trinajstić information content (AvgIpc) is 3.27. The van der Waals surface area contributed by atoms with Crippen LogP contribution in [0.1, 0.15) is 57.6 Å². The van der Waals surface area contributed by atoms with Gasteiger partial charge in [-0.2, -0.15) is 0 Å². The van der Waals surface area contributed by atoms with Crippen molar-refractivity contribution in [2.24, 2.45) is 11.7 Å². The summed E-state index contributed by atoms with van der Waals surface area (Å²) in [5.74, 6) is 0.233. The molecule has 236 valence electrons. The Kier molecular flexibility index (Phi) is 9.83. The summed E-state index contributed by atoms with van der Waals surface area (Å²) in [6, 6.07) is 3.26. The van der Waals surface area contributed by atoms with Crippen molar-refractivity contribution in [3.05, 3.63) is 23.3 Å². The second-order valence-corrected chi connectivity index (χ2v) is 12.0. The van der Waals surface area contributed by atoms with Crippen LogP contribution in [0.5, 0.6) is 11.5 Å². The van der Waals surface area contributed by atoms with Gasteiger partial charge in [0.15, 0.2) is 29.3 Å². The van der Waals surface area contributed by atoms with E-state index in [1.807, 2.05) is 13.0 Å². The third-order valence-electron chi connectivity index (χ3n) is 9.05. The molecule has 1 saturated carbocycles. The number of rotatable bonds is 12. The highest BCUT2D eigenvalue weighted by Crippen LogP contribution is 2.59. The Balaban J connectivity index is 1.41. The molecule has 0 aromatic heterocycles. The molecule has 1 aromatic rings. The monoisotopic (exact) mass is 599 g/mol. The van der Waals surface area contributed by atoms with Crippen molar-refractivity contribution in [2.75, 3.05) is 40.3 Å². The summed E-state index contributed by atoms with van der Waals surface area (Å²) in [6.45, 7) is 6.34. The molecule has 43 heavy (non-hydrogen) atoms. The number of Topliss-reactive ketones (excluding diaryl/α,β-unsaturated/α-hetero) is 1. The Labute approximate surface area is 252 Å². The Morgan fingerprint density at radius 1 is 1.23 bits per heavy atom. The maximum absolute atomic E-state index is 13.3. The smallest absolute Gasteiger partial charge is 0.415 e. The SMILES string of the molecule is CCN(CCNC(=O)[C@H](CCCNC(=N)N)NC(C)=O)C(=O)Oc1ccc2c3c1OC1C(=O)CCC([C@H](N(C)C)C2)C31C. The number of ketones is 1. The second kappa shape index (κ2) is 13.2. The fraction of sp³-hybridized carbons (Fsp3) is 0.633. The first-order chi connectivity index (χ1) is 20.4. The summed E-state index contributed by atoms with van der Waals surface area (Å²) in [5, 5.41) is 15.3. The zero-order valence-corrected chi connectivity index (χ0v) is 25.7. The maximum Gasteiger partial charge on any atom is 0.415 e. The van der Waals surface area contributed by atoms with E-state index in [0.717, 1.165) is 24.0 Å². The van der Waals surface area contributed by atoms with Crippen molar-refractivity contribution in [1.82, 2.24) is 25.8 Å². The van der Waals surface area contributed by atoms with Crippen LogP contribution in [0.15, 0.2) is 12.1 Å². The molecule has 0 spiro atoms. The predicted molar refractivity (Wildman–Crippen MR) is 160 cm³/mol. The molecular weight excluding hydrogens is 554 g/mol. The fourth-order valence-electron chi connectivity index (χ4n) is 6.96. The standard InChI is InChI=1S/C30H45N7O6/c1-6-37(15-14-33-27(40)20(35-17(2)38)8-7-13-34-28(31)32)29(41)42-23-12-9-18-16-21(36(4)5)19-10-11-22(39)26-30(19,3)24(18)25(23)43-26/h9,12,19-21,26H,6-8,10-11,13-16H2,1-5H3,(H,33,40)(H,35,38)(H4,31,32,34)/t19?,20-,21+,26?,30?/m0/s1. The van der Waals surface area contributed by atoms with Gasteiger partial charge in [-0.25, -0.2) is 4.79 Å². The van der Waals surface area contributed by atoms with Gasteiger partial charge in [0.1, 0.15) is 6.04 Å². The van der Waals surface area contributed by atoms with Gasteiger partial charge in [0.2, 0.25) is 11.8 Å². The van der Waals surface area contributed by atoms with Gasteiger partial charge in [0, 0.05) is 56.5 Å². The van der Waals surface area contributed by atoms with Crippen LogP contribution in [0.4, 0.5) is 4.79 Å². The minimum atomic E-state index is -0.756. The molecule has 0 saturated heterocycles. The van der Waals surface area contributed by atoms with Crippen molar-refractivity contribution < 1.29 is 28.7 Å². The molecule has 0 bridgehead atoms. The summed E-state index contributed by atoms with van der Waals surface area (Å²) < 4.78 is 12.2. The molecule has 0 radical (unpaired) electrons. The van der Waals surface area contributed by atoms with Crippen LogP contribution >= 0.6 is 0 Å². The van der Waals surface area contributed by atoms with Crippen molar-refractivity contribution in [3.8, 4) is 11.5 Å². The van der Waals surface area contributed by atoms with Gasteiger partial charge in [-0.3, -0.25) is 19.8 Å². The minimum Gasteiger partial charge on any atom is -0.477 e. The van der Waals surface area contributed by atoms with Crippen LogP contribution in [0.2, 0.25) is 0 Å². The molecular formula is C30H45N7O6. The van der Waals surface area contributed by atoms with E-state index in [-0.39, 0.29) is 48.6 Å². The number of hydrogen-bond acceptors (Lipinski definition) is 8. The number of carbonyl (C=O) groups excluding carboxylic acids is 4. The van der Waals surface area contributed by atoms with E-state index < -0.39 is 23.7 Å². The highest BCUT2D eigenvalue weighted by atomic mass is 16.6. The van der Waals surface area contributed by atoms with E-state index >= 15 is 0 Å². The van der Waals surface area contributed by atoms with Crippen molar-refractivity contribution >= 4 is 29.7 Å². The number of carbonyl (C=O) groups is 4. The number of hydrogen-bond donors (Lipinski definition) is 5. The molecule has 5 atom stereocenters. The number of nitrogens with two attached hydrogens (primary N) is 1. The average molecular weight is 600 g/mol. The third-order valence-corrected chi connectivity index (χ3v) is 9.05. The first-order valence-electron chi connectivity index (χ1n) is 15.0. The molecule has 2 aliphatic carbocycles. The van der Waals surface area contributed by atoms with E-state index in [1.165, 1.54) is 11.8 Å². The predicted octanol–water partition coefficient (Wildman–Crippen LogP) is 0.876. The maximum atomic E-state index is 13.3. The zero-order chi connectivity index (χ0) is 31.5. The molecule has 13 heteroatoms. The van der Waals surface area contributed by atoms with Gasteiger partial charge < -0.3 is 41.0 Å². The first kappa shape index (κ1) is 32.1. The summed E-state index contributed by atoms with van der Waals surface area (Å²) in [6.07, 6.45) is 1.78. The molecule has 3 amide bonds. The van der Waals surface area contributed by atoms with E-state index in [9.17, 15) is 19.2 Å². The van der Waals surface area contributed by atoms with Gasteiger partial charge in [-0.15, -0.1) is 0 Å². The van der Waals surface area contributed by atoms with Crippen molar-refractivity contribution in [2.45, 2.75) is 76.5 Å². The van der Waals surface area contributed by atoms with Crippen LogP contribution < -0.4 is 31.2 Å². The quantitative estimate of drug-likeness (QED) is 0.132. The molecule has 6 N–H and O–H groups in total. The number of amides is 3. The van der Waals surface area contributed by atoms with E-state index in [4.69, 9.17) is 20.6 Å². The summed E-state index contributed by atoms with van der Waals surface area (Å²) in [5.41, 5.74) is 6.89. The second-order valence-electron chi connectivity index (χ2n) is 12.0. The molecule has 3 aliphatic rings. The minimum absolute atomic E-state index is 0.0798. The number of nitrogens with zero attached hydrogens (tertiary/aromatic N) is 2. The molecule has 1 fully saturated rings.